The molecule has 0 bridgehead atoms. The molecule has 34 heavy (non-hydrogen) atoms. The van der Waals surface area contributed by atoms with E-state index in [-0.39, 0.29) is 11.7 Å². The summed E-state index contributed by atoms with van der Waals surface area (Å²) in [4.78, 5) is 15.3. The van der Waals surface area contributed by atoms with Gasteiger partial charge in [-0.1, -0.05) is 18.2 Å². The van der Waals surface area contributed by atoms with Crippen molar-refractivity contribution in [3.63, 3.8) is 0 Å². The molecule has 166 valence electrons. The number of nitriles is 1. The van der Waals surface area contributed by atoms with Gasteiger partial charge in [-0.05, 0) is 54.6 Å². The molecule has 0 N–H and O–H groups in total. The Morgan fingerprint density at radius 1 is 0.941 bits per heavy atom. The van der Waals surface area contributed by atoms with Gasteiger partial charge in [0.15, 0.2) is 0 Å². The van der Waals surface area contributed by atoms with Crippen LogP contribution in [-0.4, -0.2) is 28.9 Å². The third kappa shape index (κ3) is 2.95. The second-order valence-electron chi connectivity index (χ2n) is 7.94. The highest BCUT2D eigenvalue weighted by atomic mass is 19.1. The molecular formula is C26H17FN4O3. The molecule has 8 heteroatoms. The molecule has 0 saturated carbocycles. The lowest BCUT2D eigenvalue weighted by molar-refractivity contribution is -0.180. The normalized spacial score (nSPS) is 16.1. The summed E-state index contributed by atoms with van der Waals surface area (Å²) >= 11 is 0. The summed E-state index contributed by atoms with van der Waals surface area (Å²) in [6, 6.07) is 22.3. The molecule has 1 saturated heterocycles. The molecule has 0 aliphatic carbocycles. The van der Waals surface area contributed by atoms with Crippen molar-refractivity contribution in [2.75, 3.05) is 18.1 Å². The third-order valence-corrected chi connectivity index (χ3v) is 5.99. The van der Waals surface area contributed by atoms with Crippen molar-refractivity contribution in [1.29, 1.82) is 5.26 Å². The number of para-hydroxylation sites is 1. The number of anilines is 2. The Morgan fingerprint density at radius 2 is 1.65 bits per heavy atom. The number of amides is 1. The number of rotatable bonds is 3. The monoisotopic (exact) mass is 452 g/mol. The van der Waals surface area contributed by atoms with Gasteiger partial charge >= 0.3 is 0 Å². The highest BCUT2D eigenvalue weighted by molar-refractivity contribution is 6.13. The number of nitrogens with zero attached hydrogens (tertiary/aromatic N) is 4. The topological polar surface area (TPSA) is 80.4 Å². The molecule has 1 amide bonds. The lowest BCUT2D eigenvalue weighted by Gasteiger charge is -2.22. The molecule has 0 atom stereocenters. The maximum Gasteiger partial charge on any atom is 0.297 e. The summed E-state index contributed by atoms with van der Waals surface area (Å²) in [6.07, 6.45) is 1.74. The minimum absolute atomic E-state index is 0.309. The van der Waals surface area contributed by atoms with Crippen molar-refractivity contribution >= 4 is 17.3 Å². The zero-order valence-corrected chi connectivity index (χ0v) is 17.8. The lowest BCUT2D eigenvalue weighted by Crippen LogP contribution is -2.39. The lowest BCUT2D eigenvalue weighted by atomic mass is 10.1. The Labute approximate surface area is 194 Å². The first kappa shape index (κ1) is 20.3. The Hall–Kier alpha value is -4.32. The highest BCUT2D eigenvalue weighted by Gasteiger charge is 2.57. The SMILES string of the molecule is N#Cc1ccc(-n2cc(N3C(=O)C4(OCCO4)c4ccccc43)c(-c3ccc(F)cc3)n2)cc1. The number of hydrogen-bond acceptors (Lipinski definition) is 5. The number of carbonyl (C=O) groups is 1. The molecule has 1 fully saturated rings. The van der Waals surface area contributed by atoms with Crippen molar-refractivity contribution in [3.05, 3.63) is 95.9 Å². The van der Waals surface area contributed by atoms with Crippen LogP contribution in [0.4, 0.5) is 15.8 Å². The molecule has 6 rings (SSSR count). The Balaban J connectivity index is 1.55. The van der Waals surface area contributed by atoms with E-state index < -0.39 is 5.79 Å². The van der Waals surface area contributed by atoms with Crippen LogP contribution >= 0.6 is 0 Å². The van der Waals surface area contributed by atoms with Gasteiger partial charge in [-0.2, -0.15) is 10.4 Å². The zero-order valence-electron chi connectivity index (χ0n) is 17.8. The molecule has 2 aliphatic heterocycles. The summed E-state index contributed by atoms with van der Waals surface area (Å²) in [5.41, 5.74) is 4.13. The second kappa shape index (κ2) is 7.63. The van der Waals surface area contributed by atoms with E-state index >= 15 is 0 Å². The fraction of sp³-hybridized carbons (Fsp3) is 0.115. The molecule has 3 aromatic carbocycles. The van der Waals surface area contributed by atoms with Crippen LogP contribution in [0.3, 0.4) is 0 Å². The van der Waals surface area contributed by atoms with Crippen LogP contribution in [-0.2, 0) is 20.1 Å². The summed E-state index contributed by atoms with van der Waals surface area (Å²) in [5.74, 6) is -2.23. The van der Waals surface area contributed by atoms with Gasteiger partial charge in [0.2, 0.25) is 0 Å². The molecule has 4 aromatic rings. The van der Waals surface area contributed by atoms with E-state index in [9.17, 15) is 9.18 Å². The minimum atomic E-state index is -1.49. The molecule has 1 spiro atoms. The van der Waals surface area contributed by atoms with Crippen LogP contribution in [0.1, 0.15) is 11.1 Å². The van der Waals surface area contributed by atoms with E-state index in [0.717, 1.165) is 0 Å². The van der Waals surface area contributed by atoms with Gasteiger partial charge in [0, 0.05) is 11.1 Å². The molecule has 7 nitrogen and oxygen atoms in total. The Kier molecular flexibility index (Phi) is 4.55. The summed E-state index contributed by atoms with van der Waals surface area (Å²) < 4.78 is 27.0. The van der Waals surface area contributed by atoms with Crippen molar-refractivity contribution in [3.8, 4) is 23.0 Å². The first-order valence-electron chi connectivity index (χ1n) is 10.7. The number of fused-ring (bicyclic) bond motifs is 2. The first-order valence-corrected chi connectivity index (χ1v) is 10.7. The van der Waals surface area contributed by atoms with Gasteiger partial charge in [-0.3, -0.25) is 9.69 Å². The maximum atomic E-state index is 13.8. The van der Waals surface area contributed by atoms with Crippen LogP contribution in [0, 0.1) is 17.1 Å². The van der Waals surface area contributed by atoms with E-state index in [1.165, 1.54) is 12.1 Å². The van der Waals surface area contributed by atoms with E-state index in [0.29, 0.717) is 52.7 Å². The molecule has 0 unspecified atom stereocenters. The van der Waals surface area contributed by atoms with Crippen LogP contribution in [0.2, 0.25) is 0 Å². The molecule has 1 aromatic heterocycles. The number of ether oxygens (including phenoxy) is 2. The van der Waals surface area contributed by atoms with Crippen LogP contribution in [0.15, 0.2) is 79.0 Å². The smallest absolute Gasteiger partial charge is 0.297 e. The van der Waals surface area contributed by atoms with Gasteiger partial charge < -0.3 is 9.47 Å². The number of benzene rings is 3. The highest BCUT2D eigenvalue weighted by Crippen LogP contribution is 2.50. The third-order valence-electron chi connectivity index (χ3n) is 5.99. The maximum absolute atomic E-state index is 13.8. The second-order valence-corrected chi connectivity index (χ2v) is 7.94. The predicted octanol–water partition coefficient (Wildman–Crippen LogP) is 4.43. The Morgan fingerprint density at radius 3 is 2.35 bits per heavy atom. The van der Waals surface area contributed by atoms with Gasteiger partial charge in [0.05, 0.1) is 48.1 Å². The fourth-order valence-electron chi connectivity index (χ4n) is 4.41. The van der Waals surface area contributed by atoms with E-state index in [1.807, 2.05) is 24.3 Å². The average Bonchev–Trinajstić information content (AvgIpc) is 3.59. The summed E-state index contributed by atoms with van der Waals surface area (Å²) in [6.45, 7) is 0.618. The van der Waals surface area contributed by atoms with Crippen LogP contribution in [0.5, 0.6) is 0 Å². The van der Waals surface area contributed by atoms with Crippen LogP contribution < -0.4 is 4.90 Å². The molecular weight excluding hydrogens is 435 g/mol. The largest absolute Gasteiger partial charge is 0.336 e. The van der Waals surface area contributed by atoms with E-state index in [2.05, 4.69) is 6.07 Å². The number of carbonyl (C=O) groups excluding carboxylic acids is 1. The standard InChI is InChI=1S/C26H17FN4O3/c27-19-9-7-18(8-10-19)24-23(16-30(29-24)20-11-5-17(15-28)6-12-20)31-22-4-2-1-3-21(22)26(25(31)32)33-13-14-34-26/h1-12,16H,13-14H2. The van der Waals surface area contributed by atoms with Gasteiger partial charge in [0.25, 0.3) is 11.7 Å². The van der Waals surface area contributed by atoms with Crippen molar-refractivity contribution in [2.24, 2.45) is 0 Å². The van der Waals surface area contributed by atoms with Crippen molar-refractivity contribution in [1.82, 2.24) is 9.78 Å². The number of halogens is 1. The van der Waals surface area contributed by atoms with Crippen molar-refractivity contribution < 1.29 is 18.7 Å². The van der Waals surface area contributed by atoms with E-state index in [4.69, 9.17) is 19.8 Å². The summed E-state index contributed by atoms with van der Waals surface area (Å²) in [7, 11) is 0. The fourth-order valence-corrected chi connectivity index (χ4v) is 4.41. The zero-order chi connectivity index (χ0) is 23.3. The van der Waals surface area contributed by atoms with Gasteiger partial charge in [-0.25, -0.2) is 9.07 Å². The first-order chi connectivity index (χ1) is 16.6. The average molecular weight is 452 g/mol. The van der Waals surface area contributed by atoms with Gasteiger partial charge in [0.1, 0.15) is 11.5 Å². The van der Waals surface area contributed by atoms with E-state index in [1.54, 1.807) is 52.2 Å². The molecule has 3 heterocycles. The number of hydrogen-bond donors (Lipinski definition) is 0. The molecule has 0 radical (unpaired) electrons. The minimum Gasteiger partial charge on any atom is -0.336 e. The van der Waals surface area contributed by atoms with Crippen LogP contribution in [0.25, 0.3) is 16.9 Å². The molecule has 2 aliphatic rings. The quantitative estimate of drug-likeness (QED) is 0.460. The summed E-state index contributed by atoms with van der Waals surface area (Å²) in [5, 5.41) is 13.9. The Bertz CT molecular complexity index is 1450. The van der Waals surface area contributed by atoms with Crippen molar-refractivity contribution in [2.45, 2.75) is 5.79 Å². The number of aromatic nitrogens is 2. The van der Waals surface area contributed by atoms with Gasteiger partial charge in [-0.15, -0.1) is 0 Å². The predicted molar refractivity (Wildman–Crippen MR) is 121 cm³/mol.